The van der Waals surface area contributed by atoms with Gasteiger partial charge in [-0.25, -0.2) is 4.79 Å². The number of quaternary nitrogens is 1. The number of likely N-dealkylation sites (N-methyl/N-ethyl adjacent to an activating group) is 2. The van der Waals surface area contributed by atoms with E-state index < -0.39 is 6.10 Å². The number of unbranched alkanes of at least 4 members (excludes halogenated alkanes) is 13. The summed E-state index contributed by atoms with van der Waals surface area (Å²) in [6, 6.07) is 0. The Morgan fingerprint density at radius 3 is 1.56 bits per heavy atom. The van der Waals surface area contributed by atoms with Crippen LogP contribution in [0.25, 0.3) is 0 Å². The lowest BCUT2D eigenvalue weighted by Crippen LogP contribution is -2.59. The van der Waals surface area contributed by atoms with Crippen molar-refractivity contribution in [3.05, 3.63) is 0 Å². The van der Waals surface area contributed by atoms with Crippen molar-refractivity contribution in [2.45, 2.75) is 137 Å². The Kier molecular flexibility index (Phi) is 20.8. The van der Waals surface area contributed by atoms with Crippen molar-refractivity contribution < 1.29 is 18.8 Å². The molecular formula is C29H59N2O3+. The zero-order valence-corrected chi connectivity index (χ0v) is 23.8. The third-order valence-corrected chi connectivity index (χ3v) is 7.05. The summed E-state index contributed by atoms with van der Waals surface area (Å²) in [4.78, 5) is 28.8. The van der Waals surface area contributed by atoms with Crippen LogP contribution in [0.1, 0.15) is 130 Å². The van der Waals surface area contributed by atoms with E-state index in [1.54, 1.807) is 4.90 Å². The molecule has 0 bridgehead atoms. The molecule has 0 N–H and O–H groups in total. The fourth-order valence-corrected chi connectivity index (χ4v) is 4.60. The molecule has 0 saturated carbocycles. The molecule has 5 nitrogen and oxygen atoms in total. The minimum absolute atomic E-state index is 0.0493. The molecular weight excluding hydrogens is 424 g/mol. The van der Waals surface area contributed by atoms with E-state index in [1.807, 2.05) is 21.0 Å². The second kappa shape index (κ2) is 21.4. The highest BCUT2D eigenvalue weighted by Crippen LogP contribution is 2.18. The number of ether oxygens (including phenoxy) is 1. The number of hydrogen-bond acceptors (Lipinski definition) is 3. The smallest absolute Gasteiger partial charge is 0.352 e. The zero-order chi connectivity index (χ0) is 25.7. The van der Waals surface area contributed by atoms with Crippen LogP contribution in [-0.2, 0) is 14.3 Å². The van der Waals surface area contributed by atoms with Gasteiger partial charge in [-0.2, -0.15) is 0 Å². The Hall–Kier alpha value is -0.940. The number of nitrogens with zero attached hydrogens (tertiary/aromatic N) is 2. The first kappa shape index (κ1) is 33.1. The van der Waals surface area contributed by atoms with Gasteiger partial charge in [0.25, 0.3) is 12.0 Å². The Morgan fingerprint density at radius 2 is 1.09 bits per heavy atom. The quantitative estimate of drug-likeness (QED) is 0.0882. The van der Waals surface area contributed by atoms with E-state index in [-0.39, 0.29) is 11.8 Å². The van der Waals surface area contributed by atoms with E-state index in [4.69, 9.17) is 4.74 Å². The van der Waals surface area contributed by atoms with Gasteiger partial charge in [-0.15, -0.1) is 0 Å². The van der Waals surface area contributed by atoms with Gasteiger partial charge in [0.05, 0.1) is 20.1 Å². The molecule has 0 rings (SSSR count). The monoisotopic (exact) mass is 483 g/mol. The maximum atomic E-state index is 13.8. The molecule has 0 aliphatic heterocycles. The van der Waals surface area contributed by atoms with Crippen LogP contribution in [0.4, 0.5) is 0 Å². The number of carbonyl (C=O) groups is 2. The molecule has 0 spiro atoms. The first-order valence-corrected chi connectivity index (χ1v) is 14.6. The molecule has 34 heavy (non-hydrogen) atoms. The molecule has 2 amide bonds. The van der Waals surface area contributed by atoms with Crippen LogP contribution in [0.5, 0.6) is 0 Å². The number of carbonyl (C=O) groups excluding carboxylic acids is 2. The average Bonchev–Trinajstić information content (AvgIpc) is 2.83. The number of hydrogen-bond donors (Lipinski definition) is 0. The lowest BCUT2D eigenvalue weighted by molar-refractivity contribution is -0.836. The summed E-state index contributed by atoms with van der Waals surface area (Å²) < 4.78 is 6.14. The van der Waals surface area contributed by atoms with Crippen LogP contribution in [0, 0.1) is 0 Å². The van der Waals surface area contributed by atoms with Crippen LogP contribution in [0.15, 0.2) is 0 Å². The van der Waals surface area contributed by atoms with Gasteiger partial charge in [0.1, 0.15) is 0 Å². The zero-order valence-electron chi connectivity index (χ0n) is 23.8. The molecule has 202 valence electrons. The number of amides is 2. The lowest BCUT2D eigenvalue weighted by Gasteiger charge is -2.35. The maximum absolute atomic E-state index is 13.8. The highest BCUT2D eigenvalue weighted by atomic mass is 16.5. The Bertz CT molecular complexity index is 512. The molecule has 0 aromatic rings. The van der Waals surface area contributed by atoms with Crippen LogP contribution in [0.3, 0.4) is 0 Å². The molecule has 0 radical (unpaired) electrons. The maximum Gasteiger partial charge on any atom is 0.352 e. The van der Waals surface area contributed by atoms with Crippen molar-refractivity contribution in [2.24, 2.45) is 0 Å². The topological polar surface area (TPSA) is 46.6 Å². The third kappa shape index (κ3) is 14.5. The molecule has 5 heteroatoms. The van der Waals surface area contributed by atoms with Crippen molar-refractivity contribution in [1.29, 1.82) is 0 Å². The van der Waals surface area contributed by atoms with E-state index in [1.165, 1.54) is 64.2 Å². The summed E-state index contributed by atoms with van der Waals surface area (Å²) in [6.07, 6.45) is 17.9. The Labute approximate surface area is 212 Å². The molecule has 0 saturated heterocycles. The van der Waals surface area contributed by atoms with Crippen LogP contribution in [0.2, 0.25) is 0 Å². The third-order valence-electron chi connectivity index (χ3n) is 7.05. The molecule has 2 unspecified atom stereocenters. The van der Waals surface area contributed by atoms with Gasteiger partial charge in [-0.1, -0.05) is 91.4 Å². The molecule has 0 aliphatic carbocycles. The fourth-order valence-electron chi connectivity index (χ4n) is 4.60. The largest absolute Gasteiger partial charge is 0.356 e. The highest BCUT2D eigenvalue weighted by molar-refractivity contribution is 6.00. The minimum Gasteiger partial charge on any atom is -0.356 e. The fraction of sp³-hybridized carbons (Fsp3) is 0.931. The van der Waals surface area contributed by atoms with Gasteiger partial charge in [-0.3, -0.25) is 9.28 Å². The standard InChI is InChI=1S/C29H59N2O3/c1-7-11-14-17-19-21-24-30(5)28(32)27(34-10-4)29(33)31(6,25-22-16-13-9-3)26-23-20-18-15-12-8-2/h27H,7-26H2,1-6H3/q+1. The summed E-state index contributed by atoms with van der Waals surface area (Å²) in [6.45, 7) is 11.2. The van der Waals surface area contributed by atoms with Gasteiger partial charge >= 0.3 is 5.91 Å². The van der Waals surface area contributed by atoms with Crippen molar-refractivity contribution in [2.75, 3.05) is 40.3 Å². The van der Waals surface area contributed by atoms with E-state index in [0.29, 0.717) is 17.6 Å². The summed E-state index contributed by atoms with van der Waals surface area (Å²) in [5.74, 6) is -0.215. The lowest BCUT2D eigenvalue weighted by atomic mass is 10.1. The van der Waals surface area contributed by atoms with Crippen molar-refractivity contribution in [3.63, 3.8) is 0 Å². The van der Waals surface area contributed by atoms with Crippen LogP contribution in [-0.4, -0.2) is 67.6 Å². The summed E-state index contributed by atoms with van der Waals surface area (Å²) in [5, 5.41) is 0. The molecule has 2 atom stereocenters. The van der Waals surface area contributed by atoms with Crippen molar-refractivity contribution >= 4 is 11.8 Å². The van der Waals surface area contributed by atoms with E-state index in [2.05, 4.69) is 20.8 Å². The van der Waals surface area contributed by atoms with E-state index in [0.717, 1.165) is 51.6 Å². The first-order valence-electron chi connectivity index (χ1n) is 14.6. The van der Waals surface area contributed by atoms with Gasteiger partial charge < -0.3 is 9.64 Å². The second-order valence-electron chi connectivity index (χ2n) is 10.4. The van der Waals surface area contributed by atoms with Crippen molar-refractivity contribution in [1.82, 2.24) is 4.90 Å². The summed E-state index contributed by atoms with van der Waals surface area (Å²) >= 11 is 0. The van der Waals surface area contributed by atoms with Crippen molar-refractivity contribution in [3.8, 4) is 0 Å². The highest BCUT2D eigenvalue weighted by Gasteiger charge is 2.42. The van der Waals surface area contributed by atoms with Gasteiger partial charge in [0, 0.05) is 20.2 Å². The van der Waals surface area contributed by atoms with E-state index >= 15 is 0 Å². The molecule has 0 fully saturated rings. The number of rotatable bonds is 23. The summed E-state index contributed by atoms with van der Waals surface area (Å²) in [5.41, 5.74) is 0. The predicted molar refractivity (Wildman–Crippen MR) is 145 cm³/mol. The minimum atomic E-state index is -0.980. The Balaban J connectivity index is 5.09. The SMILES string of the molecule is CCCCCCCCN(C)C(=O)C(OCC)C(=O)[N+](C)(CCCCCC)CCCCCCCC. The van der Waals surface area contributed by atoms with Crippen LogP contribution >= 0.6 is 0 Å². The molecule has 0 aromatic heterocycles. The van der Waals surface area contributed by atoms with Gasteiger partial charge in [-0.05, 0) is 39.0 Å². The summed E-state index contributed by atoms with van der Waals surface area (Å²) in [7, 11) is 3.86. The van der Waals surface area contributed by atoms with Crippen LogP contribution < -0.4 is 0 Å². The predicted octanol–water partition coefficient (Wildman–Crippen LogP) is 7.12. The van der Waals surface area contributed by atoms with Gasteiger partial charge in [0.2, 0.25) is 0 Å². The average molecular weight is 484 g/mol. The van der Waals surface area contributed by atoms with E-state index in [9.17, 15) is 9.59 Å². The first-order chi connectivity index (χ1) is 16.4. The van der Waals surface area contributed by atoms with Gasteiger partial charge in [0.15, 0.2) is 0 Å². The molecule has 0 aromatic carbocycles. The normalized spacial score (nSPS) is 14.1. The second-order valence-corrected chi connectivity index (χ2v) is 10.4. The molecule has 0 aliphatic rings. The Morgan fingerprint density at radius 1 is 0.676 bits per heavy atom. The molecule has 0 heterocycles.